The van der Waals surface area contributed by atoms with Crippen LogP contribution in [-0.4, -0.2) is 13.3 Å². The first-order valence-corrected chi connectivity index (χ1v) is 10.5. The van der Waals surface area contributed by atoms with Crippen molar-refractivity contribution in [2.24, 2.45) is 17.3 Å². The van der Waals surface area contributed by atoms with Gasteiger partial charge in [0.05, 0.1) is 15.6 Å². The second kappa shape index (κ2) is 8.97. The van der Waals surface area contributed by atoms with Crippen molar-refractivity contribution >= 4 is 38.7 Å². The molecule has 3 aromatic rings. The van der Waals surface area contributed by atoms with Crippen LogP contribution in [0, 0.1) is 10.1 Å². The van der Waals surface area contributed by atoms with Gasteiger partial charge in [-0.05, 0) is 18.2 Å². The van der Waals surface area contributed by atoms with E-state index < -0.39 is 14.9 Å². The number of aryl methyl sites for hydroxylation is 1. The van der Waals surface area contributed by atoms with Crippen molar-refractivity contribution in [1.82, 2.24) is 0 Å². The summed E-state index contributed by atoms with van der Waals surface area (Å²) >= 11 is 6.03. The first kappa shape index (κ1) is 21.3. The molecule has 1 heterocycles. The number of hydrogen-bond acceptors (Lipinski definition) is 6. The van der Waals surface area contributed by atoms with Crippen LogP contribution in [0.25, 0.3) is 0 Å². The Bertz CT molecular complexity index is 1230. The minimum atomic E-state index is -4.22. The number of sulfonamides is 1. The fourth-order valence-corrected chi connectivity index (χ4v) is 4.04. The molecule has 11 heteroatoms. The maximum Gasteiger partial charge on any atom is 0.270 e. The van der Waals surface area contributed by atoms with Gasteiger partial charge in [-0.3, -0.25) is 14.8 Å². The van der Waals surface area contributed by atoms with Crippen LogP contribution in [0.4, 0.5) is 17.1 Å². The molecule has 0 saturated carbocycles. The zero-order valence-electron chi connectivity index (χ0n) is 15.8. The van der Waals surface area contributed by atoms with Crippen molar-refractivity contribution in [3.8, 4) is 0 Å². The van der Waals surface area contributed by atoms with Crippen LogP contribution < -0.4 is 9.29 Å². The Balaban J connectivity index is 1.98. The minimum Gasteiger partial charge on any atom is -0.278 e. The Morgan fingerprint density at radius 1 is 1.13 bits per heavy atom. The summed E-state index contributed by atoms with van der Waals surface area (Å²) in [6.07, 6.45) is 1.85. The van der Waals surface area contributed by atoms with Crippen LogP contribution in [0.2, 0.25) is 5.02 Å². The fraction of sp³-hybridized carbons (Fsp3) is 0.105. The van der Waals surface area contributed by atoms with E-state index in [0.29, 0.717) is 0 Å². The molecule has 0 fully saturated rings. The number of pyridine rings is 1. The zero-order valence-corrected chi connectivity index (χ0v) is 17.3. The molecule has 1 N–H and O–H groups in total. The monoisotopic (exact) mass is 446 g/mol. The number of azo groups is 1. The molecular weight excluding hydrogens is 430 g/mol. The van der Waals surface area contributed by atoms with Crippen molar-refractivity contribution in [1.29, 1.82) is 0 Å². The number of aromatic nitrogens is 1. The van der Waals surface area contributed by atoms with E-state index in [2.05, 4.69) is 15.0 Å². The van der Waals surface area contributed by atoms with Crippen molar-refractivity contribution in [3.63, 3.8) is 0 Å². The van der Waals surface area contributed by atoms with Gasteiger partial charge in [-0.15, -0.1) is 0 Å². The summed E-state index contributed by atoms with van der Waals surface area (Å²) in [7, 11) is -2.38. The number of para-hydroxylation sites is 1. The van der Waals surface area contributed by atoms with Crippen LogP contribution >= 0.6 is 11.6 Å². The lowest BCUT2D eigenvalue weighted by molar-refractivity contribution is -0.679. The zero-order chi connectivity index (χ0) is 21.7. The number of halogens is 1. The van der Waals surface area contributed by atoms with E-state index in [1.165, 1.54) is 24.3 Å². The van der Waals surface area contributed by atoms with Crippen molar-refractivity contribution in [2.75, 3.05) is 4.72 Å². The van der Waals surface area contributed by atoms with Crippen LogP contribution in [0.3, 0.4) is 0 Å². The number of hydrogen-bond donors (Lipinski definition) is 1. The van der Waals surface area contributed by atoms with Gasteiger partial charge in [0, 0.05) is 24.3 Å². The smallest absolute Gasteiger partial charge is 0.270 e. The van der Waals surface area contributed by atoms with Crippen molar-refractivity contribution < 1.29 is 17.9 Å². The highest BCUT2D eigenvalue weighted by atomic mass is 35.5. The second-order valence-corrected chi connectivity index (χ2v) is 8.25. The lowest BCUT2D eigenvalue weighted by Gasteiger charge is -2.11. The number of benzene rings is 2. The lowest BCUT2D eigenvalue weighted by atomic mass is 10.3. The predicted octanol–water partition coefficient (Wildman–Crippen LogP) is 4.16. The third-order valence-corrected chi connectivity index (χ3v) is 5.86. The molecule has 0 bridgehead atoms. The first-order chi connectivity index (χ1) is 14.3. The van der Waals surface area contributed by atoms with Gasteiger partial charge in [0.15, 0.2) is 6.20 Å². The van der Waals surface area contributed by atoms with E-state index >= 15 is 0 Å². The molecular formula is C19H17ClN5O4S+. The summed E-state index contributed by atoms with van der Waals surface area (Å²) in [4.78, 5) is 10.1. The number of non-ortho nitro benzene ring substituents is 1. The Hall–Kier alpha value is -3.37. The molecule has 0 aliphatic rings. The van der Waals surface area contributed by atoms with Gasteiger partial charge in [-0.1, -0.05) is 29.8 Å². The van der Waals surface area contributed by atoms with Crippen molar-refractivity contribution in [2.45, 2.75) is 11.4 Å². The highest BCUT2D eigenvalue weighted by Gasteiger charge is 2.23. The summed E-state index contributed by atoms with van der Waals surface area (Å²) in [5, 5.41) is 19.4. The molecule has 9 nitrogen and oxygen atoms in total. The third kappa shape index (κ3) is 4.97. The Labute approximate surface area is 177 Å². The largest absolute Gasteiger partial charge is 0.278 e. The van der Waals surface area contributed by atoms with Crippen molar-refractivity contribution in [3.05, 3.63) is 87.7 Å². The number of anilines is 1. The van der Waals surface area contributed by atoms with Gasteiger partial charge in [0.25, 0.3) is 15.7 Å². The Morgan fingerprint density at radius 2 is 1.87 bits per heavy atom. The molecule has 0 amide bonds. The second-order valence-electron chi connectivity index (χ2n) is 6.20. The average Bonchev–Trinajstić information content (AvgIpc) is 2.71. The number of nitro groups is 1. The molecule has 0 spiro atoms. The number of rotatable bonds is 7. The van der Waals surface area contributed by atoms with E-state index in [9.17, 15) is 18.5 Å². The standard InChI is InChI=1S/C19H17ClN5O4S/c1-24-11-5-4-6-15(24)13-21-22-18-10-9-14(25(26)27)12-19(18)30(28,29)23-17-8-3-2-7-16(17)20/h2-12,23H,13H2,1H3/q+1. The van der Waals surface area contributed by atoms with Crippen LogP contribution in [0.1, 0.15) is 5.69 Å². The highest BCUT2D eigenvalue weighted by molar-refractivity contribution is 7.92. The van der Waals surface area contributed by atoms with Gasteiger partial charge in [0.2, 0.25) is 5.69 Å². The maximum atomic E-state index is 12.9. The van der Waals surface area contributed by atoms with E-state index in [0.717, 1.165) is 11.8 Å². The molecule has 2 aromatic carbocycles. The Morgan fingerprint density at radius 3 is 2.57 bits per heavy atom. The van der Waals surface area contributed by atoms with E-state index in [4.69, 9.17) is 11.6 Å². The first-order valence-electron chi connectivity index (χ1n) is 8.65. The van der Waals surface area contributed by atoms with Crippen LogP contribution in [-0.2, 0) is 23.6 Å². The number of nitrogens with zero attached hydrogens (tertiary/aromatic N) is 4. The van der Waals surface area contributed by atoms with Gasteiger partial charge in [0.1, 0.15) is 24.2 Å². The molecule has 3 rings (SSSR count). The molecule has 154 valence electrons. The molecule has 30 heavy (non-hydrogen) atoms. The van der Waals surface area contributed by atoms with Gasteiger partial charge in [-0.2, -0.15) is 10.2 Å². The fourth-order valence-electron chi connectivity index (χ4n) is 2.56. The average molecular weight is 447 g/mol. The minimum absolute atomic E-state index is 0.0289. The van der Waals surface area contributed by atoms with Gasteiger partial charge < -0.3 is 0 Å². The summed E-state index contributed by atoms with van der Waals surface area (Å²) in [6.45, 7) is 0.200. The number of nitrogens with one attached hydrogen (secondary N) is 1. The molecule has 0 unspecified atom stereocenters. The molecule has 1 aromatic heterocycles. The molecule has 0 radical (unpaired) electrons. The van der Waals surface area contributed by atoms with E-state index in [1.807, 2.05) is 36.0 Å². The molecule has 0 aliphatic heterocycles. The predicted molar refractivity (Wildman–Crippen MR) is 111 cm³/mol. The lowest BCUT2D eigenvalue weighted by Crippen LogP contribution is -2.32. The number of nitro benzene ring substituents is 1. The Kier molecular flexibility index (Phi) is 6.38. The molecule has 0 atom stereocenters. The topological polar surface area (TPSA) is 118 Å². The SMILES string of the molecule is C[n+]1ccccc1CN=Nc1ccc([N+](=O)[O-])cc1S(=O)(=O)Nc1ccccc1Cl. The third-order valence-electron chi connectivity index (χ3n) is 4.14. The van der Waals surface area contributed by atoms with Crippen LogP contribution in [0.5, 0.6) is 0 Å². The normalized spacial score (nSPS) is 11.5. The van der Waals surface area contributed by atoms with Gasteiger partial charge in [-0.25, -0.2) is 13.0 Å². The van der Waals surface area contributed by atoms with E-state index in [-0.39, 0.29) is 33.5 Å². The summed E-state index contributed by atoms with van der Waals surface area (Å²) in [5.41, 5.74) is 0.577. The van der Waals surface area contributed by atoms with Crippen LogP contribution in [0.15, 0.2) is 82.0 Å². The van der Waals surface area contributed by atoms with Gasteiger partial charge >= 0.3 is 0 Å². The molecule has 0 aliphatic carbocycles. The summed E-state index contributed by atoms with van der Waals surface area (Å²) in [5.74, 6) is 0. The molecule has 0 saturated heterocycles. The summed E-state index contributed by atoms with van der Waals surface area (Å²) in [6, 6.07) is 15.2. The highest BCUT2D eigenvalue weighted by Crippen LogP contribution is 2.32. The quantitative estimate of drug-likeness (QED) is 0.253. The van der Waals surface area contributed by atoms with E-state index in [1.54, 1.807) is 12.1 Å². The summed E-state index contributed by atoms with van der Waals surface area (Å²) < 4.78 is 30.1. The maximum absolute atomic E-state index is 12.9.